The molecule has 1 nitrogen and oxygen atoms in total. The number of halogens is 10. The molecule has 0 aromatic carbocycles. The summed E-state index contributed by atoms with van der Waals surface area (Å²) in [4.78, 5) is 0. The van der Waals surface area contributed by atoms with Gasteiger partial charge >= 0.3 is 24.1 Å². The largest absolute Gasteiger partial charge is 0.460 e. The Morgan fingerprint density at radius 2 is 1.12 bits per heavy atom. The first-order valence-electron chi connectivity index (χ1n) is 3.21. The van der Waals surface area contributed by atoms with Crippen molar-refractivity contribution in [2.75, 3.05) is 6.07 Å². The quantitative estimate of drug-likeness (QED) is 0.566. The number of alkyl halides is 10. The predicted octanol–water partition coefficient (Wildman–Crippen LogP) is 3.62. The molecule has 0 fully saturated rings. The minimum atomic E-state index is -6.95. The van der Waals surface area contributed by atoms with Gasteiger partial charge < -0.3 is 0 Å². The molecule has 0 aliphatic carbocycles. The van der Waals surface area contributed by atoms with Gasteiger partial charge in [0.15, 0.2) is 0 Å². The average Bonchev–Trinajstić information content (AvgIpc) is 2.01. The molecule has 0 amide bonds. The van der Waals surface area contributed by atoms with Crippen molar-refractivity contribution in [3.63, 3.8) is 0 Å². The third-order valence-electron chi connectivity index (χ3n) is 1.35. The molecule has 0 bridgehead atoms. The average molecular weight is 285 g/mol. The molecule has 0 heterocycles. The highest BCUT2D eigenvalue weighted by Gasteiger charge is 2.82. The maximum atomic E-state index is 12.3. The highest BCUT2D eigenvalue weighted by molar-refractivity contribution is 6.17. The van der Waals surface area contributed by atoms with Gasteiger partial charge in [-0.15, -0.1) is 0 Å². The van der Waals surface area contributed by atoms with Crippen molar-refractivity contribution >= 4 is 11.6 Å². The molecule has 98 valence electrons. The van der Waals surface area contributed by atoms with Crippen LogP contribution in [0.5, 0.6) is 0 Å². The number of hydrogen-bond acceptors (Lipinski definition) is 1. The Hall–Kier alpha value is -0.380. The second kappa shape index (κ2) is 4.13. The van der Waals surface area contributed by atoms with E-state index in [0.29, 0.717) is 0 Å². The monoisotopic (exact) mass is 284 g/mol. The minimum Gasteiger partial charge on any atom is -0.299 e. The molecule has 0 N–H and O–H groups in total. The molecule has 0 rings (SSSR count). The van der Waals surface area contributed by atoms with Gasteiger partial charge in [-0.2, -0.15) is 39.5 Å². The Labute approximate surface area is 87.1 Å². The van der Waals surface area contributed by atoms with Crippen LogP contribution in [0.15, 0.2) is 0 Å². The summed E-state index contributed by atoms with van der Waals surface area (Å²) >= 11 is 4.39. The Balaban J connectivity index is 5.34. The van der Waals surface area contributed by atoms with Gasteiger partial charge in [-0.1, -0.05) is 11.6 Å². The maximum Gasteiger partial charge on any atom is 0.460 e. The molecule has 0 unspecified atom stereocenters. The summed E-state index contributed by atoms with van der Waals surface area (Å²) in [6.07, 6.45) is -12.9. The van der Waals surface area contributed by atoms with Crippen LogP contribution in [-0.4, -0.2) is 30.2 Å². The van der Waals surface area contributed by atoms with E-state index in [1.165, 1.54) is 0 Å². The van der Waals surface area contributed by atoms with E-state index >= 15 is 0 Å². The highest BCUT2D eigenvalue weighted by atomic mass is 35.5. The smallest absolute Gasteiger partial charge is 0.299 e. The Bertz CT molecular complexity index is 247. The zero-order valence-corrected chi connectivity index (χ0v) is 7.65. The molecule has 0 aliphatic heterocycles. The summed E-state index contributed by atoms with van der Waals surface area (Å²) in [5.41, 5.74) is 0. The maximum absolute atomic E-state index is 12.3. The molecule has 0 atom stereocenters. The van der Waals surface area contributed by atoms with Crippen molar-refractivity contribution in [2.24, 2.45) is 0 Å². The number of ether oxygens (including phenoxy) is 1. The lowest BCUT2D eigenvalue weighted by atomic mass is 10.1. The van der Waals surface area contributed by atoms with Crippen molar-refractivity contribution in [3.8, 4) is 0 Å². The molecule has 16 heavy (non-hydrogen) atoms. The zero-order valence-electron chi connectivity index (χ0n) is 6.89. The predicted molar refractivity (Wildman–Crippen MR) is 32.7 cm³/mol. The summed E-state index contributed by atoms with van der Waals surface area (Å²) in [7, 11) is 0. The first-order valence-corrected chi connectivity index (χ1v) is 3.75. The first-order chi connectivity index (χ1) is 6.81. The second-order valence-electron chi connectivity index (χ2n) is 2.42. The van der Waals surface area contributed by atoms with Crippen molar-refractivity contribution in [2.45, 2.75) is 24.1 Å². The number of hydrogen-bond donors (Lipinski definition) is 0. The van der Waals surface area contributed by atoms with Crippen molar-refractivity contribution in [1.82, 2.24) is 0 Å². The molecule has 0 aliphatic rings. The second-order valence-corrected chi connectivity index (χ2v) is 2.63. The Kier molecular flexibility index (Phi) is 4.03. The summed E-state index contributed by atoms with van der Waals surface area (Å²) in [6.45, 7) is 0. The van der Waals surface area contributed by atoms with Crippen LogP contribution in [0.25, 0.3) is 0 Å². The fourth-order valence-electron chi connectivity index (χ4n) is 0.520. The van der Waals surface area contributed by atoms with Gasteiger partial charge in [0.25, 0.3) is 0 Å². The van der Waals surface area contributed by atoms with E-state index in [0.717, 1.165) is 0 Å². The van der Waals surface area contributed by atoms with E-state index < -0.39 is 30.2 Å². The van der Waals surface area contributed by atoms with Crippen LogP contribution in [-0.2, 0) is 4.74 Å². The molecule has 11 heteroatoms. The lowest BCUT2D eigenvalue weighted by molar-refractivity contribution is -0.441. The normalized spacial score (nSPS) is 15.4. The molecule has 0 aromatic rings. The molecule has 0 spiro atoms. The van der Waals surface area contributed by atoms with E-state index in [1.54, 1.807) is 0 Å². The Morgan fingerprint density at radius 3 is 1.38 bits per heavy atom. The van der Waals surface area contributed by atoms with Gasteiger partial charge in [-0.25, -0.2) is 0 Å². The summed E-state index contributed by atoms with van der Waals surface area (Å²) in [6, 6.07) is -1.68. The lowest BCUT2D eigenvalue weighted by Crippen LogP contribution is -2.61. The summed E-state index contributed by atoms with van der Waals surface area (Å²) < 4.78 is 110. The van der Waals surface area contributed by atoms with E-state index in [1.807, 2.05) is 0 Å². The van der Waals surface area contributed by atoms with Crippen LogP contribution >= 0.6 is 11.6 Å². The van der Waals surface area contributed by atoms with Crippen LogP contribution < -0.4 is 0 Å². The lowest BCUT2D eigenvalue weighted by Gasteiger charge is -2.32. The topological polar surface area (TPSA) is 9.23 Å². The molecular weight excluding hydrogens is 282 g/mol. The van der Waals surface area contributed by atoms with Crippen LogP contribution in [0.1, 0.15) is 0 Å². The van der Waals surface area contributed by atoms with Gasteiger partial charge in [-0.3, -0.25) is 4.74 Å². The molecule has 0 saturated heterocycles. The summed E-state index contributed by atoms with van der Waals surface area (Å²) in [5, 5.41) is 0. The third-order valence-corrected chi connectivity index (χ3v) is 1.46. The van der Waals surface area contributed by atoms with Crippen LogP contribution in [0.2, 0.25) is 0 Å². The first kappa shape index (κ1) is 15.6. The van der Waals surface area contributed by atoms with Gasteiger partial charge in [0, 0.05) is 0 Å². The fraction of sp³-hybridized carbons (Fsp3) is 1.00. The molecule has 0 aromatic heterocycles. The standard InChI is InChI=1S/C5H2ClF9O/c6-1-16-5(14,15)3(9,10)2(7,8)4(11,12)13/h1H2. The zero-order chi connectivity index (χ0) is 13.4. The van der Waals surface area contributed by atoms with Gasteiger partial charge in [-0.05, 0) is 0 Å². The third kappa shape index (κ3) is 2.31. The Morgan fingerprint density at radius 1 is 0.750 bits per heavy atom. The van der Waals surface area contributed by atoms with Gasteiger partial charge in [0.1, 0.15) is 6.07 Å². The minimum absolute atomic E-state index is 1.68. The van der Waals surface area contributed by atoms with Crippen molar-refractivity contribution in [1.29, 1.82) is 0 Å². The van der Waals surface area contributed by atoms with Gasteiger partial charge in [0.2, 0.25) is 0 Å². The SMILES string of the molecule is FC(F)(F)C(F)(F)C(F)(F)C(F)(F)OCCl. The number of rotatable bonds is 4. The molecular formula is C5H2ClF9O. The summed E-state index contributed by atoms with van der Waals surface area (Å²) in [5.74, 6) is -13.7. The van der Waals surface area contributed by atoms with E-state index in [9.17, 15) is 39.5 Å². The van der Waals surface area contributed by atoms with E-state index in [4.69, 9.17) is 0 Å². The molecule has 0 radical (unpaired) electrons. The van der Waals surface area contributed by atoms with Crippen LogP contribution in [0.3, 0.4) is 0 Å². The van der Waals surface area contributed by atoms with Crippen molar-refractivity contribution in [3.05, 3.63) is 0 Å². The van der Waals surface area contributed by atoms with E-state index in [-0.39, 0.29) is 0 Å². The van der Waals surface area contributed by atoms with Gasteiger partial charge in [0.05, 0.1) is 0 Å². The van der Waals surface area contributed by atoms with Crippen LogP contribution in [0, 0.1) is 0 Å². The fourth-order valence-corrected chi connectivity index (χ4v) is 0.657. The highest BCUT2D eigenvalue weighted by Crippen LogP contribution is 2.53. The van der Waals surface area contributed by atoms with E-state index in [2.05, 4.69) is 16.3 Å². The van der Waals surface area contributed by atoms with Crippen molar-refractivity contribution < 1.29 is 44.3 Å². The molecule has 0 saturated carbocycles. The van der Waals surface area contributed by atoms with Crippen LogP contribution in [0.4, 0.5) is 39.5 Å².